The van der Waals surface area contributed by atoms with Gasteiger partial charge < -0.3 is 14.9 Å². The van der Waals surface area contributed by atoms with Gasteiger partial charge in [0.25, 0.3) is 0 Å². The SMILES string of the molecule is CCN1CCC1COc1cnn(C)c1-c1cn2cc(N)nc2cc1F. The van der Waals surface area contributed by atoms with Crippen molar-refractivity contribution in [3.63, 3.8) is 0 Å². The number of nitrogens with two attached hydrogens (primary N) is 1. The van der Waals surface area contributed by atoms with E-state index >= 15 is 0 Å². The molecule has 1 saturated heterocycles. The number of nitrogen functional groups attached to an aromatic ring is 1. The van der Waals surface area contributed by atoms with Gasteiger partial charge in [-0.25, -0.2) is 9.37 Å². The Kier molecular flexibility index (Phi) is 3.84. The van der Waals surface area contributed by atoms with Gasteiger partial charge in [0.1, 0.15) is 29.6 Å². The van der Waals surface area contributed by atoms with Crippen molar-refractivity contribution in [2.24, 2.45) is 7.05 Å². The van der Waals surface area contributed by atoms with E-state index in [2.05, 4.69) is 21.9 Å². The van der Waals surface area contributed by atoms with E-state index in [4.69, 9.17) is 10.5 Å². The minimum absolute atomic E-state index is 0.350. The van der Waals surface area contributed by atoms with Gasteiger partial charge in [0.15, 0.2) is 5.75 Å². The molecule has 1 atom stereocenters. The maximum absolute atomic E-state index is 14.6. The van der Waals surface area contributed by atoms with Crippen LogP contribution in [0.5, 0.6) is 5.75 Å². The van der Waals surface area contributed by atoms with E-state index in [0.717, 1.165) is 19.5 Å². The molecule has 0 bridgehead atoms. The molecule has 1 fully saturated rings. The summed E-state index contributed by atoms with van der Waals surface area (Å²) in [6.45, 7) is 4.84. The molecule has 0 amide bonds. The Balaban J connectivity index is 1.66. The maximum Gasteiger partial charge on any atom is 0.165 e. The molecule has 0 saturated carbocycles. The molecular weight excluding hydrogens is 323 g/mol. The fraction of sp³-hybridized carbons (Fsp3) is 0.412. The molecule has 2 N–H and O–H groups in total. The molecule has 8 heteroatoms. The number of fused-ring (bicyclic) bond motifs is 1. The Morgan fingerprint density at radius 2 is 2.24 bits per heavy atom. The third kappa shape index (κ3) is 2.72. The fourth-order valence-corrected chi connectivity index (χ4v) is 3.32. The summed E-state index contributed by atoms with van der Waals surface area (Å²) in [5.41, 5.74) is 7.17. The van der Waals surface area contributed by atoms with Crippen LogP contribution in [0.4, 0.5) is 10.2 Å². The number of imidazole rings is 1. The molecular formula is C17H21FN6O. The molecule has 1 aliphatic heterocycles. The Morgan fingerprint density at radius 1 is 1.40 bits per heavy atom. The zero-order valence-corrected chi connectivity index (χ0v) is 14.3. The van der Waals surface area contributed by atoms with Crippen LogP contribution in [0.1, 0.15) is 13.3 Å². The van der Waals surface area contributed by atoms with E-state index in [9.17, 15) is 4.39 Å². The number of rotatable bonds is 5. The van der Waals surface area contributed by atoms with E-state index in [1.54, 1.807) is 34.7 Å². The van der Waals surface area contributed by atoms with Crippen LogP contribution in [0.25, 0.3) is 16.9 Å². The van der Waals surface area contributed by atoms with Crippen LogP contribution < -0.4 is 10.5 Å². The van der Waals surface area contributed by atoms with Crippen LogP contribution in [-0.2, 0) is 7.05 Å². The van der Waals surface area contributed by atoms with E-state index in [0.29, 0.717) is 41.1 Å². The highest BCUT2D eigenvalue weighted by atomic mass is 19.1. The van der Waals surface area contributed by atoms with Crippen LogP contribution in [-0.4, -0.2) is 49.8 Å². The average molecular weight is 344 g/mol. The summed E-state index contributed by atoms with van der Waals surface area (Å²) in [5, 5.41) is 4.24. The first-order valence-electron chi connectivity index (χ1n) is 8.39. The van der Waals surface area contributed by atoms with Gasteiger partial charge >= 0.3 is 0 Å². The maximum atomic E-state index is 14.6. The second kappa shape index (κ2) is 6.03. The third-order valence-corrected chi connectivity index (χ3v) is 4.82. The zero-order chi connectivity index (χ0) is 17.6. The Labute approximate surface area is 144 Å². The predicted molar refractivity (Wildman–Crippen MR) is 92.9 cm³/mol. The molecule has 7 nitrogen and oxygen atoms in total. The number of anilines is 1. The van der Waals surface area contributed by atoms with Crippen LogP contribution in [0, 0.1) is 5.82 Å². The predicted octanol–water partition coefficient (Wildman–Crippen LogP) is 1.93. The molecule has 0 aliphatic carbocycles. The molecule has 0 radical (unpaired) electrons. The van der Waals surface area contributed by atoms with Crippen molar-refractivity contribution in [1.82, 2.24) is 24.1 Å². The van der Waals surface area contributed by atoms with Crippen molar-refractivity contribution >= 4 is 11.5 Å². The number of likely N-dealkylation sites (tertiary alicyclic amines) is 1. The molecule has 132 valence electrons. The third-order valence-electron chi connectivity index (χ3n) is 4.82. The lowest BCUT2D eigenvalue weighted by molar-refractivity contribution is 0.0562. The van der Waals surface area contributed by atoms with Crippen molar-refractivity contribution in [1.29, 1.82) is 0 Å². The molecule has 25 heavy (non-hydrogen) atoms. The number of hydrogen-bond donors (Lipinski definition) is 1. The lowest BCUT2D eigenvalue weighted by atomic mass is 10.0. The van der Waals surface area contributed by atoms with Crippen molar-refractivity contribution in [3.8, 4) is 17.0 Å². The summed E-state index contributed by atoms with van der Waals surface area (Å²) in [6, 6.07) is 1.78. The van der Waals surface area contributed by atoms with Crippen molar-refractivity contribution in [3.05, 3.63) is 30.5 Å². The second-order valence-electron chi connectivity index (χ2n) is 6.33. The summed E-state index contributed by atoms with van der Waals surface area (Å²) < 4.78 is 24.0. The zero-order valence-electron chi connectivity index (χ0n) is 14.3. The van der Waals surface area contributed by atoms with E-state index in [1.807, 2.05) is 0 Å². The van der Waals surface area contributed by atoms with Crippen LogP contribution in [0.15, 0.2) is 24.7 Å². The molecule has 1 unspecified atom stereocenters. The van der Waals surface area contributed by atoms with Crippen LogP contribution >= 0.6 is 0 Å². The Morgan fingerprint density at radius 3 is 2.96 bits per heavy atom. The van der Waals surface area contributed by atoms with Crippen molar-refractivity contribution in [2.75, 3.05) is 25.4 Å². The molecule has 0 aromatic carbocycles. The Bertz CT molecular complexity index is 915. The minimum Gasteiger partial charge on any atom is -0.488 e. The Hall–Kier alpha value is -2.61. The summed E-state index contributed by atoms with van der Waals surface area (Å²) in [5.74, 6) is 0.546. The number of aromatic nitrogens is 4. The number of likely N-dealkylation sites (N-methyl/N-ethyl adjacent to an activating group) is 1. The molecule has 3 aromatic rings. The van der Waals surface area contributed by atoms with Gasteiger partial charge in [-0.1, -0.05) is 6.92 Å². The van der Waals surface area contributed by atoms with E-state index < -0.39 is 0 Å². The van der Waals surface area contributed by atoms with Crippen molar-refractivity contribution < 1.29 is 9.13 Å². The average Bonchev–Trinajstić information content (AvgIpc) is 3.08. The molecule has 1 aliphatic rings. The summed E-state index contributed by atoms with van der Waals surface area (Å²) >= 11 is 0. The number of hydrogen-bond acceptors (Lipinski definition) is 5. The summed E-state index contributed by atoms with van der Waals surface area (Å²) in [6.07, 6.45) is 6.08. The largest absolute Gasteiger partial charge is 0.488 e. The molecule has 4 heterocycles. The normalized spacial score (nSPS) is 17.8. The van der Waals surface area contributed by atoms with Crippen LogP contribution in [0.3, 0.4) is 0 Å². The topological polar surface area (TPSA) is 73.6 Å². The molecule has 3 aromatic heterocycles. The number of nitrogens with zero attached hydrogens (tertiary/aromatic N) is 5. The van der Waals surface area contributed by atoms with E-state index in [1.165, 1.54) is 6.07 Å². The van der Waals surface area contributed by atoms with Gasteiger partial charge in [0.05, 0.1) is 18.0 Å². The van der Waals surface area contributed by atoms with Crippen molar-refractivity contribution in [2.45, 2.75) is 19.4 Å². The van der Waals surface area contributed by atoms with E-state index in [-0.39, 0.29) is 5.82 Å². The fourth-order valence-electron chi connectivity index (χ4n) is 3.32. The van der Waals surface area contributed by atoms with Crippen LogP contribution in [0.2, 0.25) is 0 Å². The molecule has 4 rings (SSSR count). The first-order valence-corrected chi connectivity index (χ1v) is 8.39. The first-order chi connectivity index (χ1) is 12.1. The lowest BCUT2D eigenvalue weighted by Crippen LogP contribution is -2.50. The van der Waals surface area contributed by atoms with Gasteiger partial charge in [-0.05, 0) is 13.0 Å². The monoisotopic (exact) mass is 344 g/mol. The standard InChI is InChI=1S/C17H21FN6O/c1-3-23-5-4-11(23)10-25-14-7-20-22(2)17(14)12-8-24-9-15(19)21-16(24)6-13(12)18/h6-9,11H,3-5,10,19H2,1-2H3. The van der Waals surface area contributed by atoms with Gasteiger partial charge in [-0.3, -0.25) is 9.58 Å². The van der Waals surface area contributed by atoms with Gasteiger partial charge in [-0.2, -0.15) is 5.10 Å². The summed E-state index contributed by atoms with van der Waals surface area (Å²) in [7, 11) is 1.77. The minimum atomic E-state index is -0.384. The van der Waals surface area contributed by atoms with Gasteiger partial charge in [0.2, 0.25) is 0 Å². The highest BCUT2D eigenvalue weighted by Gasteiger charge is 2.27. The first kappa shape index (κ1) is 15.9. The summed E-state index contributed by atoms with van der Waals surface area (Å²) in [4.78, 5) is 6.44. The number of aryl methyl sites for hydroxylation is 1. The highest BCUT2D eigenvalue weighted by molar-refractivity contribution is 5.68. The number of halogens is 1. The second-order valence-corrected chi connectivity index (χ2v) is 6.33. The highest BCUT2D eigenvalue weighted by Crippen LogP contribution is 2.32. The molecule has 0 spiro atoms. The van der Waals surface area contributed by atoms with Gasteiger partial charge in [0, 0.05) is 31.9 Å². The quantitative estimate of drug-likeness (QED) is 0.766. The lowest BCUT2D eigenvalue weighted by Gasteiger charge is -2.39. The smallest absolute Gasteiger partial charge is 0.165 e. The van der Waals surface area contributed by atoms with Gasteiger partial charge in [-0.15, -0.1) is 0 Å². The number of ether oxygens (including phenoxy) is 1. The number of pyridine rings is 1.